The van der Waals surface area contributed by atoms with E-state index in [0.717, 1.165) is 33.4 Å². The molecule has 6 aromatic rings. The number of rotatable bonds is 7. The van der Waals surface area contributed by atoms with Gasteiger partial charge in [-0.2, -0.15) is 0 Å². The van der Waals surface area contributed by atoms with E-state index in [4.69, 9.17) is 33.2 Å². The predicted molar refractivity (Wildman–Crippen MR) is 197 cm³/mol. The average molecular weight is 664 g/mol. The smallest absolute Gasteiger partial charge is 0.181 e. The largest absolute Gasteiger partial charge is 0.268 e. The molecule has 2 unspecified atom stereocenters. The lowest BCUT2D eigenvalue weighted by atomic mass is 9.76. The Labute approximate surface area is 290 Å². The van der Waals surface area contributed by atoms with Crippen LogP contribution in [0, 0.1) is 0 Å². The topological polar surface area (TPSA) is 48.8 Å². The third-order valence-corrected chi connectivity index (χ3v) is 10.3. The van der Waals surface area contributed by atoms with Crippen molar-refractivity contribution in [1.82, 2.24) is 10.6 Å². The minimum Gasteiger partial charge on any atom is -0.268 e. The van der Waals surface area contributed by atoms with E-state index in [1.807, 2.05) is 85.2 Å². The summed E-state index contributed by atoms with van der Waals surface area (Å²) in [5.41, 5.74) is 1.34. The molecule has 2 aliphatic rings. The predicted octanol–water partition coefficient (Wildman–Crippen LogP) is 9.23. The lowest BCUT2D eigenvalue weighted by Gasteiger charge is -2.48. The van der Waals surface area contributed by atoms with Gasteiger partial charge in [0.1, 0.15) is 11.1 Å². The highest BCUT2D eigenvalue weighted by Gasteiger charge is 2.65. The van der Waals surface area contributed by atoms with Gasteiger partial charge in [0.05, 0.1) is 0 Å². The van der Waals surface area contributed by atoms with E-state index in [9.17, 15) is 0 Å². The van der Waals surface area contributed by atoms with Crippen LogP contribution in [0.3, 0.4) is 0 Å². The van der Waals surface area contributed by atoms with Gasteiger partial charge in [0, 0.05) is 33.6 Å². The van der Waals surface area contributed by atoms with E-state index >= 15 is 0 Å². The molecule has 2 heterocycles. The Morgan fingerprint density at radius 1 is 0.354 bits per heavy atom. The summed E-state index contributed by atoms with van der Waals surface area (Å²) in [5, 5.41) is 9.34. The number of nitrogens with zero attached hydrogens (tertiary/aromatic N) is 2. The molecule has 0 saturated carbocycles. The van der Waals surface area contributed by atoms with Crippen LogP contribution < -0.4 is 10.6 Å². The molecule has 234 valence electrons. The standard InChI is InChI=1S/C42H32Cl2N4/c43-37-27-15-13-25-35(37)41(45-29-39(47-41,31-17-5-1-6-18-31)32-19-7-2-8-20-32)42(36-26-14-16-28-38(36)44)46-30-40(48-42,33-21-9-3-10-22-33)34-23-11-4-12-24-34/h1-30,47-48H. The highest BCUT2D eigenvalue weighted by Crippen LogP contribution is 2.56. The van der Waals surface area contributed by atoms with Crippen molar-refractivity contribution in [2.24, 2.45) is 9.98 Å². The molecule has 0 radical (unpaired) electrons. The van der Waals surface area contributed by atoms with Crippen LogP contribution in [-0.4, -0.2) is 12.4 Å². The second kappa shape index (κ2) is 12.0. The van der Waals surface area contributed by atoms with Gasteiger partial charge in [-0.25, -0.2) is 0 Å². The van der Waals surface area contributed by atoms with Crippen LogP contribution in [0.15, 0.2) is 180 Å². The van der Waals surface area contributed by atoms with E-state index in [1.54, 1.807) is 0 Å². The Balaban J connectivity index is 1.46. The fourth-order valence-electron chi connectivity index (χ4n) is 7.35. The first-order valence-corrected chi connectivity index (χ1v) is 16.7. The number of aliphatic imine (C=N–C) groups is 2. The molecule has 0 aromatic heterocycles. The molecule has 8 rings (SSSR count). The maximum atomic E-state index is 7.23. The Morgan fingerprint density at radius 3 is 0.917 bits per heavy atom. The van der Waals surface area contributed by atoms with Crippen molar-refractivity contribution < 1.29 is 0 Å². The van der Waals surface area contributed by atoms with Gasteiger partial charge in [-0.3, -0.25) is 20.6 Å². The minimum absolute atomic E-state index is 0.555. The summed E-state index contributed by atoms with van der Waals surface area (Å²) in [6, 6.07) is 57.2. The molecule has 2 aliphatic heterocycles. The highest BCUT2D eigenvalue weighted by atomic mass is 35.5. The summed E-state index contributed by atoms with van der Waals surface area (Å²) < 4.78 is 0. The molecule has 0 saturated heterocycles. The first kappa shape index (κ1) is 30.5. The summed E-state index contributed by atoms with van der Waals surface area (Å²) in [7, 11) is 0. The van der Waals surface area contributed by atoms with E-state index in [1.165, 1.54) is 0 Å². The van der Waals surface area contributed by atoms with Gasteiger partial charge < -0.3 is 0 Å². The normalized spacial score (nSPS) is 22.1. The monoisotopic (exact) mass is 662 g/mol. The number of hydrogen-bond donors (Lipinski definition) is 2. The quantitative estimate of drug-likeness (QED) is 0.179. The van der Waals surface area contributed by atoms with Crippen LogP contribution in [0.1, 0.15) is 33.4 Å². The average Bonchev–Trinajstić information content (AvgIpc) is 3.78. The fraction of sp³-hybridized carbons (Fsp3) is 0.0952. The number of benzene rings is 6. The number of nitrogens with one attached hydrogen (secondary N) is 2. The van der Waals surface area contributed by atoms with Crippen molar-refractivity contribution in [2.45, 2.75) is 22.4 Å². The molecular formula is C42H32Cl2N4. The van der Waals surface area contributed by atoms with Crippen molar-refractivity contribution in [3.63, 3.8) is 0 Å². The van der Waals surface area contributed by atoms with E-state index in [2.05, 4.69) is 108 Å². The summed E-state index contributed by atoms with van der Waals surface area (Å²) in [6.07, 6.45) is 4.03. The Hall–Kier alpha value is -4.84. The zero-order valence-electron chi connectivity index (χ0n) is 26.0. The summed E-state index contributed by atoms with van der Waals surface area (Å²) in [5.74, 6) is 0. The molecule has 6 heteroatoms. The van der Waals surface area contributed by atoms with Gasteiger partial charge in [-0.05, 0) is 34.4 Å². The second-order valence-corrected chi connectivity index (χ2v) is 13.0. The van der Waals surface area contributed by atoms with Crippen LogP contribution in [0.25, 0.3) is 0 Å². The first-order chi connectivity index (χ1) is 23.5. The van der Waals surface area contributed by atoms with Crippen LogP contribution in [0.2, 0.25) is 10.0 Å². The Morgan fingerprint density at radius 2 is 0.625 bits per heavy atom. The third kappa shape index (κ3) is 4.60. The fourth-order valence-corrected chi connectivity index (χ4v) is 7.90. The number of hydrogen-bond acceptors (Lipinski definition) is 4. The SMILES string of the molecule is Clc1ccccc1C1(C2(c3ccccc3Cl)N=CC(c3ccccc3)(c3ccccc3)N2)N=CC(c2ccccc2)(c2ccccc2)N1. The van der Waals surface area contributed by atoms with Crippen LogP contribution in [0.5, 0.6) is 0 Å². The highest BCUT2D eigenvalue weighted by molar-refractivity contribution is 6.32. The second-order valence-electron chi connectivity index (χ2n) is 12.2. The molecule has 48 heavy (non-hydrogen) atoms. The zero-order valence-corrected chi connectivity index (χ0v) is 27.5. The van der Waals surface area contributed by atoms with Crippen LogP contribution in [-0.2, 0) is 22.4 Å². The molecule has 2 N–H and O–H groups in total. The van der Waals surface area contributed by atoms with E-state index in [0.29, 0.717) is 10.0 Å². The van der Waals surface area contributed by atoms with Crippen molar-refractivity contribution in [1.29, 1.82) is 0 Å². The van der Waals surface area contributed by atoms with Crippen LogP contribution in [0.4, 0.5) is 0 Å². The molecule has 0 amide bonds. The molecule has 0 spiro atoms. The third-order valence-electron chi connectivity index (χ3n) is 9.63. The molecular weight excluding hydrogens is 631 g/mol. The number of halogens is 2. The van der Waals surface area contributed by atoms with E-state index in [-0.39, 0.29) is 0 Å². The van der Waals surface area contributed by atoms with Gasteiger partial charge in [-0.1, -0.05) is 181 Å². The molecule has 0 fully saturated rings. The lowest BCUT2D eigenvalue weighted by molar-refractivity contribution is 0.127. The maximum Gasteiger partial charge on any atom is 0.181 e. The minimum atomic E-state index is -1.30. The van der Waals surface area contributed by atoms with Gasteiger partial charge >= 0.3 is 0 Å². The first-order valence-electron chi connectivity index (χ1n) is 16.0. The van der Waals surface area contributed by atoms with Crippen LogP contribution >= 0.6 is 23.2 Å². The van der Waals surface area contributed by atoms with Gasteiger partial charge in [0.15, 0.2) is 11.3 Å². The Bertz CT molecular complexity index is 1890. The van der Waals surface area contributed by atoms with Gasteiger partial charge in [0.25, 0.3) is 0 Å². The Kier molecular flexibility index (Phi) is 7.62. The van der Waals surface area contributed by atoms with Crippen molar-refractivity contribution in [3.8, 4) is 0 Å². The molecule has 4 nitrogen and oxygen atoms in total. The van der Waals surface area contributed by atoms with Crippen molar-refractivity contribution in [3.05, 3.63) is 213 Å². The van der Waals surface area contributed by atoms with E-state index < -0.39 is 22.4 Å². The molecule has 0 aliphatic carbocycles. The summed E-state index contributed by atoms with van der Waals surface area (Å²) >= 11 is 14.5. The van der Waals surface area contributed by atoms with Crippen molar-refractivity contribution >= 4 is 35.6 Å². The van der Waals surface area contributed by atoms with Gasteiger partial charge in [-0.15, -0.1) is 0 Å². The lowest BCUT2D eigenvalue weighted by Crippen LogP contribution is -2.66. The van der Waals surface area contributed by atoms with Crippen molar-refractivity contribution in [2.75, 3.05) is 0 Å². The molecule has 0 bridgehead atoms. The summed E-state index contributed by atoms with van der Waals surface area (Å²) in [6.45, 7) is 0. The molecule has 6 aromatic carbocycles. The summed E-state index contributed by atoms with van der Waals surface area (Å²) in [4.78, 5) is 11.1. The maximum absolute atomic E-state index is 7.23. The van der Waals surface area contributed by atoms with Gasteiger partial charge in [0.2, 0.25) is 0 Å². The zero-order chi connectivity index (χ0) is 32.7. The molecule has 2 atom stereocenters.